The van der Waals surface area contributed by atoms with Gasteiger partial charge in [0.1, 0.15) is 12.2 Å². The van der Waals surface area contributed by atoms with Gasteiger partial charge < -0.3 is 9.47 Å². The summed E-state index contributed by atoms with van der Waals surface area (Å²) in [7, 11) is -4.08. The molecule has 0 bridgehead atoms. The van der Waals surface area contributed by atoms with Gasteiger partial charge in [0.25, 0.3) is 5.69 Å². The number of nitro groups is 1. The minimum atomic E-state index is -4.08. The fraction of sp³-hybridized carbons (Fsp3) is 0.333. The van der Waals surface area contributed by atoms with Crippen LogP contribution in [0.25, 0.3) is 0 Å². The van der Waals surface area contributed by atoms with Crippen LogP contribution in [0, 0.1) is 10.1 Å². The molecule has 0 N–H and O–H groups in total. The van der Waals surface area contributed by atoms with Crippen molar-refractivity contribution in [1.82, 2.24) is 4.31 Å². The molecule has 2 aromatic rings. The number of nitro benzene ring substituents is 1. The molecule has 0 aliphatic carbocycles. The number of non-ortho nitro benzene ring substituents is 1. The first-order valence-corrected chi connectivity index (χ1v) is 11.9. The van der Waals surface area contributed by atoms with Crippen LogP contribution in [0.2, 0.25) is 0 Å². The van der Waals surface area contributed by atoms with Gasteiger partial charge in [0.2, 0.25) is 10.0 Å². The molecule has 3 atom stereocenters. The lowest BCUT2D eigenvalue weighted by Gasteiger charge is -2.35. The second kappa shape index (κ2) is 9.96. The zero-order valence-corrected chi connectivity index (χ0v) is 19.5. The molecule has 1 aliphatic heterocycles. The maximum Gasteiger partial charge on any atom is 0.269 e. The maximum atomic E-state index is 13.8. The van der Waals surface area contributed by atoms with Crippen molar-refractivity contribution in [2.75, 3.05) is 0 Å². The molecular formula is C24H28N2O6S. The van der Waals surface area contributed by atoms with E-state index in [0.717, 1.165) is 5.56 Å². The molecule has 3 rings (SSSR count). The molecule has 1 heterocycles. The molecule has 0 amide bonds. The largest absolute Gasteiger partial charge is 0.343 e. The Morgan fingerprint density at radius 2 is 1.76 bits per heavy atom. The van der Waals surface area contributed by atoms with Crippen molar-refractivity contribution >= 4 is 15.7 Å². The molecule has 1 saturated heterocycles. The molecule has 0 spiro atoms. The SMILES string of the molecule is C=CC[C@H]([C@H]1OC(C)(C)O[C@H]1C=C)N(Cc1ccccc1)S(=O)(=O)c1ccc([N+](=O)[O-])cc1. The second-order valence-electron chi connectivity index (χ2n) is 8.18. The standard InChI is InChI=1S/C24H28N2O6S/c1-5-10-21(23-22(6-2)31-24(3,4)32-23)25(17-18-11-8-7-9-12-18)33(29,30)20-15-13-19(14-16-20)26(27)28/h5-9,11-16,21-23H,1-2,10,17H2,3-4H3/t21-,22+,23-/m1/s1. The van der Waals surface area contributed by atoms with E-state index in [1.165, 1.54) is 28.6 Å². The van der Waals surface area contributed by atoms with E-state index in [-0.39, 0.29) is 17.1 Å². The number of hydrogen-bond donors (Lipinski definition) is 0. The Bertz CT molecular complexity index is 1100. The van der Waals surface area contributed by atoms with E-state index in [1.807, 2.05) is 30.3 Å². The van der Waals surface area contributed by atoms with E-state index >= 15 is 0 Å². The van der Waals surface area contributed by atoms with Crippen LogP contribution in [0.3, 0.4) is 0 Å². The third-order valence-electron chi connectivity index (χ3n) is 5.39. The summed E-state index contributed by atoms with van der Waals surface area (Å²) in [5, 5.41) is 11.0. The van der Waals surface area contributed by atoms with Gasteiger partial charge in [-0.2, -0.15) is 4.31 Å². The number of ether oxygens (including phenoxy) is 2. The third kappa shape index (κ3) is 5.56. The fourth-order valence-electron chi connectivity index (χ4n) is 3.90. The first-order valence-electron chi connectivity index (χ1n) is 10.5. The van der Waals surface area contributed by atoms with Crippen molar-refractivity contribution in [2.24, 2.45) is 0 Å². The zero-order chi connectivity index (χ0) is 24.2. The first kappa shape index (κ1) is 24.8. The van der Waals surface area contributed by atoms with Crippen molar-refractivity contribution in [3.63, 3.8) is 0 Å². The van der Waals surface area contributed by atoms with Gasteiger partial charge in [-0.05, 0) is 38.0 Å². The Kier molecular flexibility index (Phi) is 7.48. The number of rotatable bonds is 10. The van der Waals surface area contributed by atoms with Gasteiger partial charge in [-0.15, -0.1) is 13.2 Å². The summed E-state index contributed by atoms with van der Waals surface area (Å²) < 4.78 is 41.1. The number of hydrogen-bond acceptors (Lipinski definition) is 6. The second-order valence-corrected chi connectivity index (χ2v) is 10.1. The van der Waals surface area contributed by atoms with E-state index in [4.69, 9.17) is 9.47 Å². The summed E-state index contributed by atoms with van der Waals surface area (Å²) >= 11 is 0. The number of sulfonamides is 1. The number of benzene rings is 2. The molecule has 1 aliphatic rings. The summed E-state index contributed by atoms with van der Waals surface area (Å²) in [5.41, 5.74) is 0.595. The van der Waals surface area contributed by atoms with E-state index < -0.39 is 39.0 Å². The Morgan fingerprint density at radius 1 is 1.12 bits per heavy atom. The molecule has 33 heavy (non-hydrogen) atoms. The molecular weight excluding hydrogens is 444 g/mol. The number of nitrogens with zero attached hydrogens (tertiary/aromatic N) is 2. The van der Waals surface area contributed by atoms with Crippen molar-refractivity contribution in [3.8, 4) is 0 Å². The maximum absolute atomic E-state index is 13.8. The topological polar surface area (TPSA) is 99.0 Å². The fourth-order valence-corrected chi connectivity index (χ4v) is 5.53. The van der Waals surface area contributed by atoms with E-state index in [2.05, 4.69) is 13.2 Å². The molecule has 0 unspecified atom stereocenters. The van der Waals surface area contributed by atoms with Crippen LogP contribution in [-0.2, 0) is 26.0 Å². The average Bonchev–Trinajstić information content (AvgIpc) is 3.11. The lowest BCUT2D eigenvalue weighted by Crippen LogP contribution is -2.49. The summed E-state index contributed by atoms with van der Waals surface area (Å²) in [4.78, 5) is 10.4. The lowest BCUT2D eigenvalue weighted by atomic mass is 10.0. The minimum Gasteiger partial charge on any atom is -0.343 e. The van der Waals surface area contributed by atoms with Crippen molar-refractivity contribution < 1.29 is 22.8 Å². The first-order chi connectivity index (χ1) is 15.6. The predicted octanol–water partition coefficient (Wildman–Crippen LogP) is 4.44. The highest BCUT2D eigenvalue weighted by atomic mass is 32.2. The van der Waals surface area contributed by atoms with Crippen molar-refractivity contribution in [1.29, 1.82) is 0 Å². The monoisotopic (exact) mass is 472 g/mol. The van der Waals surface area contributed by atoms with Crippen LogP contribution >= 0.6 is 0 Å². The molecule has 9 heteroatoms. The Labute approximate surface area is 194 Å². The van der Waals surface area contributed by atoms with Gasteiger partial charge in [0.05, 0.1) is 15.9 Å². The van der Waals surface area contributed by atoms with Crippen LogP contribution in [0.15, 0.2) is 84.8 Å². The van der Waals surface area contributed by atoms with Crippen LogP contribution in [-0.4, -0.2) is 41.7 Å². The lowest BCUT2D eigenvalue weighted by molar-refractivity contribution is -0.384. The highest BCUT2D eigenvalue weighted by Crippen LogP contribution is 2.36. The Balaban J connectivity index is 2.09. The van der Waals surface area contributed by atoms with Crippen LogP contribution in [0.5, 0.6) is 0 Å². The van der Waals surface area contributed by atoms with Gasteiger partial charge in [-0.25, -0.2) is 8.42 Å². The smallest absolute Gasteiger partial charge is 0.269 e. The van der Waals surface area contributed by atoms with Gasteiger partial charge in [-0.1, -0.05) is 42.5 Å². The Hall–Kier alpha value is -2.85. The molecule has 8 nitrogen and oxygen atoms in total. The molecule has 2 aromatic carbocycles. The zero-order valence-electron chi connectivity index (χ0n) is 18.7. The highest BCUT2D eigenvalue weighted by molar-refractivity contribution is 7.89. The van der Waals surface area contributed by atoms with E-state index in [0.29, 0.717) is 6.42 Å². The predicted molar refractivity (Wildman–Crippen MR) is 125 cm³/mol. The summed E-state index contributed by atoms with van der Waals surface area (Å²) in [5.74, 6) is -0.918. The van der Waals surface area contributed by atoms with Crippen LogP contribution in [0.4, 0.5) is 5.69 Å². The van der Waals surface area contributed by atoms with Crippen molar-refractivity contribution in [2.45, 2.75) is 55.7 Å². The third-order valence-corrected chi connectivity index (χ3v) is 7.27. The van der Waals surface area contributed by atoms with Gasteiger partial charge >= 0.3 is 0 Å². The van der Waals surface area contributed by atoms with Gasteiger partial charge in [0.15, 0.2) is 5.79 Å². The van der Waals surface area contributed by atoms with E-state index in [9.17, 15) is 18.5 Å². The van der Waals surface area contributed by atoms with Gasteiger partial charge in [-0.3, -0.25) is 10.1 Å². The quantitative estimate of drug-likeness (QED) is 0.288. The summed E-state index contributed by atoms with van der Waals surface area (Å²) in [6, 6.07) is 13.4. The summed E-state index contributed by atoms with van der Waals surface area (Å²) in [6.45, 7) is 11.2. The molecule has 176 valence electrons. The van der Waals surface area contributed by atoms with E-state index in [1.54, 1.807) is 26.0 Å². The van der Waals surface area contributed by atoms with Crippen LogP contribution < -0.4 is 0 Å². The average molecular weight is 473 g/mol. The van der Waals surface area contributed by atoms with Crippen LogP contribution in [0.1, 0.15) is 25.8 Å². The Morgan fingerprint density at radius 3 is 2.30 bits per heavy atom. The molecule has 0 aromatic heterocycles. The minimum absolute atomic E-state index is 0.0496. The highest BCUT2D eigenvalue weighted by Gasteiger charge is 2.47. The van der Waals surface area contributed by atoms with Gasteiger partial charge in [0, 0.05) is 18.7 Å². The molecule has 0 radical (unpaired) electrons. The molecule has 1 fully saturated rings. The molecule has 0 saturated carbocycles. The summed E-state index contributed by atoms with van der Waals surface area (Å²) in [6.07, 6.45) is 2.38. The normalized spacial score (nSPS) is 20.9. The van der Waals surface area contributed by atoms with Crippen molar-refractivity contribution in [3.05, 3.63) is 95.6 Å².